The Morgan fingerprint density at radius 2 is 1.80 bits per heavy atom. The summed E-state index contributed by atoms with van der Waals surface area (Å²) in [6.45, 7) is 6.93. The number of para-hydroxylation sites is 1. The van der Waals surface area contributed by atoms with Crippen LogP contribution in [-0.2, 0) is 6.54 Å². The number of benzene rings is 1. The molecule has 0 radical (unpaired) electrons. The summed E-state index contributed by atoms with van der Waals surface area (Å²) in [6.07, 6.45) is 0. The van der Waals surface area contributed by atoms with Crippen LogP contribution in [0.3, 0.4) is 0 Å². The van der Waals surface area contributed by atoms with Crippen molar-refractivity contribution in [3.05, 3.63) is 52.0 Å². The van der Waals surface area contributed by atoms with Crippen LogP contribution in [0.25, 0.3) is 0 Å². The van der Waals surface area contributed by atoms with E-state index in [4.69, 9.17) is 0 Å². The summed E-state index contributed by atoms with van der Waals surface area (Å²) in [5.74, 6) is -0.116. The molecule has 0 aliphatic carbocycles. The Morgan fingerprint density at radius 3 is 2.45 bits per heavy atom. The van der Waals surface area contributed by atoms with Crippen molar-refractivity contribution < 1.29 is 4.39 Å². The molecule has 2 heterocycles. The van der Waals surface area contributed by atoms with Gasteiger partial charge in [-0.05, 0) is 31.2 Å². The first-order valence-corrected chi connectivity index (χ1v) is 7.81. The van der Waals surface area contributed by atoms with E-state index < -0.39 is 0 Å². The Morgan fingerprint density at radius 1 is 1.05 bits per heavy atom. The normalized spacial score (nSPS) is 16.6. The van der Waals surface area contributed by atoms with Crippen molar-refractivity contribution in [2.75, 3.05) is 31.1 Å². The first kappa shape index (κ1) is 13.6. The number of rotatable bonds is 3. The Bertz CT molecular complexity index is 573. The van der Waals surface area contributed by atoms with E-state index in [1.807, 2.05) is 23.5 Å². The summed E-state index contributed by atoms with van der Waals surface area (Å²) >= 11 is 1.87. The average Bonchev–Trinajstić information content (AvgIpc) is 2.86. The van der Waals surface area contributed by atoms with Crippen molar-refractivity contribution in [2.24, 2.45) is 0 Å². The van der Waals surface area contributed by atoms with Crippen molar-refractivity contribution in [1.82, 2.24) is 4.90 Å². The fourth-order valence-corrected chi connectivity index (χ4v) is 3.58. The zero-order valence-electron chi connectivity index (χ0n) is 11.7. The Kier molecular flexibility index (Phi) is 4.03. The summed E-state index contributed by atoms with van der Waals surface area (Å²) in [5, 5.41) is 0. The molecule has 0 spiro atoms. The van der Waals surface area contributed by atoms with E-state index in [1.54, 1.807) is 6.07 Å². The smallest absolute Gasteiger partial charge is 0.146 e. The van der Waals surface area contributed by atoms with Gasteiger partial charge in [-0.3, -0.25) is 4.90 Å². The number of piperazine rings is 1. The van der Waals surface area contributed by atoms with Crippen LogP contribution in [0, 0.1) is 12.7 Å². The van der Waals surface area contributed by atoms with Crippen molar-refractivity contribution in [2.45, 2.75) is 13.5 Å². The Hall–Kier alpha value is -1.39. The van der Waals surface area contributed by atoms with Crippen molar-refractivity contribution >= 4 is 17.0 Å². The van der Waals surface area contributed by atoms with Gasteiger partial charge in [-0.25, -0.2) is 4.39 Å². The summed E-state index contributed by atoms with van der Waals surface area (Å²) < 4.78 is 13.8. The molecule has 0 N–H and O–H groups in total. The van der Waals surface area contributed by atoms with Gasteiger partial charge in [0.1, 0.15) is 5.82 Å². The lowest BCUT2D eigenvalue weighted by Gasteiger charge is -2.36. The third-order valence-corrected chi connectivity index (χ3v) is 4.73. The fraction of sp³-hybridized carbons (Fsp3) is 0.375. The van der Waals surface area contributed by atoms with Crippen molar-refractivity contribution in [3.63, 3.8) is 0 Å². The SMILES string of the molecule is Cc1ccc(CN2CCN(c3ccccc3F)CC2)s1. The van der Waals surface area contributed by atoms with Gasteiger partial charge in [0.2, 0.25) is 0 Å². The number of hydrogen-bond donors (Lipinski definition) is 0. The van der Waals surface area contributed by atoms with Gasteiger partial charge >= 0.3 is 0 Å². The lowest BCUT2D eigenvalue weighted by molar-refractivity contribution is 0.251. The number of thiophene rings is 1. The molecule has 1 aliphatic heterocycles. The predicted molar refractivity (Wildman–Crippen MR) is 82.9 cm³/mol. The minimum Gasteiger partial charge on any atom is -0.367 e. The highest BCUT2D eigenvalue weighted by Crippen LogP contribution is 2.22. The first-order valence-electron chi connectivity index (χ1n) is 6.99. The summed E-state index contributed by atoms with van der Waals surface area (Å²) in [4.78, 5) is 7.38. The number of anilines is 1. The highest BCUT2D eigenvalue weighted by Gasteiger charge is 2.19. The molecule has 4 heteroatoms. The lowest BCUT2D eigenvalue weighted by Crippen LogP contribution is -2.46. The van der Waals surface area contributed by atoms with E-state index in [1.165, 1.54) is 15.8 Å². The quantitative estimate of drug-likeness (QED) is 0.853. The van der Waals surface area contributed by atoms with Gasteiger partial charge in [-0.15, -0.1) is 11.3 Å². The van der Waals surface area contributed by atoms with Gasteiger partial charge in [-0.2, -0.15) is 0 Å². The van der Waals surface area contributed by atoms with Crippen molar-refractivity contribution in [1.29, 1.82) is 0 Å². The second kappa shape index (κ2) is 5.94. The molecule has 3 rings (SSSR count). The fourth-order valence-electron chi connectivity index (χ4n) is 2.65. The van der Waals surface area contributed by atoms with Gasteiger partial charge in [0, 0.05) is 42.5 Å². The van der Waals surface area contributed by atoms with Gasteiger partial charge in [0.05, 0.1) is 5.69 Å². The minimum absolute atomic E-state index is 0.116. The van der Waals surface area contributed by atoms with E-state index >= 15 is 0 Å². The third-order valence-electron chi connectivity index (χ3n) is 3.74. The van der Waals surface area contributed by atoms with E-state index in [0.717, 1.165) is 38.4 Å². The van der Waals surface area contributed by atoms with E-state index in [0.29, 0.717) is 0 Å². The maximum atomic E-state index is 13.8. The third kappa shape index (κ3) is 3.02. The molecule has 106 valence electrons. The van der Waals surface area contributed by atoms with Crippen molar-refractivity contribution in [3.8, 4) is 0 Å². The van der Waals surface area contributed by atoms with Crippen LogP contribution in [0.1, 0.15) is 9.75 Å². The van der Waals surface area contributed by atoms with Crippen LogP contribution >= 0.6 is 11.3 Å². The van der Waals surface area contributed by atoms with Crippen LogP contribution < -0.4 is 4.90 Å². The minimum atomic E-state index is -0.116. The molecular weight excluding hydrogens is 271 g/mol. The molecule has 2 aromatic rings. The molecule has 1 fully saturated rings. The maximum Gasteiger partial charge on any atom is 0.146 e. The zero-order valence-corrected chi connectivity index (χ0v) is 12.5. The number of halogens is 1. The molecule has 1 aromatic heterocycles. The molecular formula is C16H19FN2S. The topological polar surface area (TPSA) is 6.48 Å². The van der Waals surface area contributed by atoms with E-state index in [2.05, 4.69) is 28.9 Å². The average molecular weight is 290 g/mol. The second-order valence-electron chi connectivity index (χ2n) is 5.23. The summed E-state index contributed by atoms with van der Waals surface area (Å²) in [5.41, 5.74) is 0.735. The zero-order chi connectivity index (χ0) is 13.9. The summed E-state index contributed by atoms with van der Waals surface area (Å²) in [7, 11) is 0. The molecule has 2 nitrogen and oxygen atoms in total. The lowest BCUT2D eigenvalue weighted by atomic mass is 10.2. The van der Waals surface area contributed by atoms with E-state index in [-0.39, 0.29) is 5.82 Å². The van der Waals surface area contributed by atoms with Crippen LogP contribution in [0.2, 0.25) is 0 Å². The molecule has 1 saturated heterocycles. The Labute approximate surface area is 123 Å². The second-order valence-corrected chi connectivity index (χ2v) is 6.60. The van der Waals surface area contributed by atoms with Crippen LogP contribution in [0.4, 0.5) is 10.1 Å². The highest BCUT2D eigenvalue weighted by molar-refractivity contribution is 7.11. The standard InChI is InChI=1S/C16H19FN2S/c1-13-6-7-14(20-13)12-18-8-10-19(11-9-18)16-5-3-2-4-15(16)17/h2-7H,8-12H2,1H3. The van der Waals surface area contributed by atoms with Crippen LogP contribution in [0.15, 0.2) is 36.4 Å². The van der Waals surface area contributed by atoms with E-state index in [9.17, 15) is 4.39 Å². The molecule has 0 unspecified atom stereocenters. The molecule has 0 saturated carbocycles. The summed E-state index contributed by atoms with van der Waals surface area (Å²) in [6, 6.07) is 11.4. The number of nitrogens with zero attached hydrogens (tertiary/aromatic N) is 2. The number of aryl methyl sites for hydroxylation is 1. The molecule has 1 aromatic carbocycles. The molecule has 0 bridgehead atoms. The van der Waals surface area contributed by atoms with Gasteiger partial charge < -0.3 is 4.90 Å². The van der Waals surface area contributed by atoms with Gasteiger partial charge in [0.25, 0.3) is 0 Å². The van der Waals surface area contributed by atoms with Crippen LogP contribution in [-0.4, -0.2) is 31.1 Å². The molecule has 0 amide bonds. The first-order chi connectivity index (χ1) is 9.72. The molecule has 0 atom stereocenters. The Balaban J connectivity index is 1.58. The molecule has 1 aliphatic rings. The van der Waals surface area contributed by atoms with Crippen LogP contribution in [0.5, 0.6) is 0 Å². The predicted octanol–water partition coefficient (Wildman–Crippen LogP) is 3.52. The molecule has 20 heavy (non-hydrogen) atoms. The van der Waals surface area contributed by atoms with Gasteiger partial charge in [0.15, 0.2) is 0 Å². The largest absolute Gasteiger partial charge is 0.367 e. The maximum absolute atomic E-state index is 13.8. The highest BCUT2D eigenvalue weighted by atomic mass is 32.1. The van der Waals surface area contributed by atoms with Gasteiger partial charge in [-0.1, -0.05) is 12.1 Å². The number of hydrogen-bond acceptors (Lipinski definition) is 3. The monoisotopic (exact) mass is 290 g/mol.